The Morgan fingerprint density at radius 2 is 2.12 bits per heavy atom. The van der Waals surface area contributed by atoms with Crippen LogP contribution in [0.3, 0.4) is 0 Å². The highest BCUT2D eigenvalue weighted by atomic mass is 16.5. The fourth-order valence-corrected chi connectivity index (χ4v) is 2.29. The Morgan fingerprint density at radius 1 is 1.35 bits per heavy atom. The molecule has 0 aromatic rings. The molecule has 0 aromatic carbocycles. The van der Waals surface area contributed by atoms with Crippen LogP contribution in [0.2, 0.25) is 0 Å². The molecular weight excluding hydrogens is 214 g/mol. The maximum Gasteiger partial charge on any atom is 0.0829 e. The lowest BCUT2D eigenvalue weighted by molar-refractivity contribution is -0.107. The van der Waals surface area contributed by atoms with Crippen LogP contribution >= 0.6 is 0 Å². The molecule has 1 saturated heterocycles. The van der Waals surface area contributed by atoms with Crippen LogP contribution in [0.25, 0.3) is 0 Å². The van der Waals surface area contributed by atoms with Crippen molar-refractivity contribution >= 4 is 0 Å². The Balaban J connectivity index is 2.52. The van der Waals surface area contributed by atoms with Gasteiger partial charge in [-0.15, -0.1) is 0 Å². The van der Waals surface area contributed by atoms with Gasteiger partial charge in [0.1, 0.15) is 0 Å². The summed E-state index contributed by atoms with van der Waals surface area (Å²) in [6.07, 6.45) is 5.03. The smallest absolute Gasteiger partial charge is 0.0829 e. The third-order valence-electron chi connectivity index (χ3n) is 3.47. The van der Waals surface area contributed by atoms with Crippen molar-refractivity contribution in [3.8, 4) is 0 Å². The molecule has 2 unspecified atom stereocenters. The topological polar surface area (TPSA) is 30.5 Å². The molecular formula is C14H29NO2. The number of hydrogen-bond acceptors (Lipinski definition) is 3. The minimum Gasteiger partial charge on any atom is -0.377 e. The van der Waals surface area contributed by atoms with Crippen LogP contribution < -0.4 is 5.32 Å². The molecule has 102 valence electrons. The maximum absolute atomic E-state index is 6.01. The van der Waals surface area contributed by atoms with Gasteiger partial charge in [-0.05, 0) is 53.0 Å². The van der Waals surface area contributed by atoms with E-state index in [1.807, 2.05) is 0 Å². The van der Waals surface area contributed by atoms with Gasteiger partial charge in [0.15, 0.2) is 0 Å². The van der Waals surface area contributed by atoms with Crippen molar-refractivity contribution in [2.45, 2.75) is 71.1 Å². The Hall–Kier alpha value is -0.120. The van der Waals surface area contributed by atoms with Crippen LogP contribution in [0.15, 0.2) is 0 Å². The van der Waals surface area contributed by atoms with Crippen molar-refractivity contribution < 1.29 is 9.47 Å². The number of nitrogens with one attached hydrogen (secondary N) is 1. The zero-order chi connectivity index (χ0) is 12.7. The van der Waals surface area contributed by atoms with Crippen LogP contribution in [0.4, 0.5) is 0 Å². The predicted octanol–water partition coefficient (Wildman–Crippen LogP) is 2.74. The first kappa shape index (κ1) is 14.9. The normalized spacial score (nSPS) is 27.4. The minimum atomic E-state index is -0.0533. The molecule has 2 atom stereocenters. The molecule has 1 rings (SSSR count). The lowest BCUT2D eigenvalue weighted by Crippen LogP contribution is -2.55. The molecule has 0 saturated carbocycles. The molecule has 0 spiro atoms. The Morgan fingerprint density at radius 3 is 2.65 bits per heavy atom. The molecule has 0 aliphatic carbocycles. The predicted molar refractivity (Wildman–Crippen MR) is 71.4 cm³/mol. The number of hydrogen-bond donors (Lipinski definition) is 1. The summed E-state index contributed by atoms with van der Waals surface area (Å²) in [4.78, 5) is 0. The maximum atomic E-state index is 6.01. The van der Waals surface area contributed by atoms with Gasteiger partial charge in [0, 0.05) is 6.61 Å². The molecule has 0 radical (unpaired) electrons. The molecule has 17 heavy (non-hydrogen) atoms. The van der Waals surface area contributed by atoms with Gasteiger partial charge in [-0.25, -0.2) is 0 Å². The monoisotopic (exact) mass is 243 g/mol. The first-order valence-corrected chi connectivity index (χ1v) is 7.07. The first-order chi connectivity index (χ1) is 8.08. The number of ether oxygens (including phenoxy) is 2. The molecule has 1 aliphatic heterocycles. The van der Waals surface area contributed by atoms with E-state index in [1.165, 1.54) is 12.8 Å². The van der Waals surface area contributed by atoms with Gasteiger partial charge >= 0.3 is 0 Å². The molecule has 1 fully saturated rings. The Bertz CT molecular complexity index is 200. The first-order valence-electron chi connectivity index (χ1n) is 7.07. The molecule has 0 amide bonds. The van der Waals surface area contributed by atoms with E-state index < -0.39 is 0 Å². The third-order valence-corrected chi connectivity index (χ3v) is 3.47. The molecule has 1 heterocycles. The van der Waals surface area contributed by atoms with Crippen LogP contribution in [0, 0.1) is 0 Å². The highest BCUT2D eigenvalue weighted by Gasteiger charge is 2.36. The second-order valence-corrected chi connectivity index (χ2v) is 5.51. The van der Waals surface area contributed by atoms with Crippen LogP contribution in [0.5, 0.6) is 0 Å². The van der Waals surface area contributed by atoms with Crippen molar-refractivity contribution in [2.75, 3.05) is 19.8 Å². The van der Waals surface area contributed by atoms with Gasteiger partial charge < -0.3 is 14.8 Å². The molecule has 3 heteroatoms. The van der Waals surface area contributed by atoms with E-state index in [4.69, 9.17) is 9.47 Å². The molecule has 0 bridgehead atoms. The van der Waals surface area contributed by atoms with Crippen molar-refractivity contribution in [3.63, 3.8) is 0 Å². The Kier molecular flexibility index (Phi) is 6.45. The van der Waals surface area contributed by atoms with Crippen molar-refractivity contribution in [1.29, 1.82) is 0 Å². The van der Waals surface area contributed by atoms with Gasteiger partial charge in [0.2, 0.25) is 0 Å². The molecule has 1 aliphatic rings. The Labute approximate surface area is 106 Å². The summed E-state index contributed by atoms with van der Waals surface area (Å²) in [5.74, 6) is 0. The van der Waals surface area contributed by atoms with Gasteiger partial charge in [-0.1, -0.05) is 6.92 Å². The van der Waals surface area contributed by atoms with Gasteiger partial charge in [0.25, 0.3) is 0 Å². The quantitative estimate of drug-likeness (QED) is 0.746. The standard InChI is InChI=1S/C14H29NO2/c1-5-9-15-13(11-16-12(2)3)14(4)8-6-7-10-17-14/h12-13,15H,5-11H2,1-4H3. The van der Waals surface area contributed by atoms with Gasteiger partial charge in [-0.3, -0.25) is 0 Å². The van der Waals surface area contributed by atoms with Crippen LogP contribution in [0.1, 0.15) is 53.4 Å². The van der Waals surface area contributed by atoms with E-state index in [0.717, 1.165) is 32.6 Å². The average Bonchev–Trinajstić information content (AvgIpc) is 2.29. The van der Waals surface area contributed by atoms with Crippen molar-refractivity contribution in [2.24, 2.45) is 0 Å². The largest absolute Gasteiger partial charge is 0.377 e. The molecule has 3 nitrogen and oxygen atoms in total. The molecule has 1 N–H and O–H groups in total. The number of rotatable bonds is 7. The van der Waals surface area contributed by atoms with E-state index in [2.05, 4.69) is 33.0 Å². The van der Waals surface area contributed by atoms with Crippen LogP contribution in [-0.4, -0.2) is 37.5 Å². The minimum absolute atomic E-state index is 0.0533. The zero-order valence-electron chi connectivity index (χ0n) is 11.9. The zero-order valence-corrected chi connectivity index (χ0v) is 11.9. The van der Waals surface area contributed by atoms with Gasteiger partial charge in [0.05, 0.1) is 24.4 Å². The second kappa shape index (κ2) is 7.34. The van der Waals surface area contributed by atoms with Crippen molar-refractivity contribution in [3.05, 3.63) is 0 Å². The summed E-state index contributed by atoms with van der Waals surface area (Å²) in [5.41, 5.74) is -0.0533. The highest BCUT2D eigenvalue weighted by Crippen LogP contribution is 2.28. The summed E-state index contributed by atoms with van der Waals surface area (Å²) in [6.45, 7) is 11.3. The highest BCUT2D eigenvalue weighted by molar-refractivity contribution is 4.91. The summed E-state index contributed by atoms with van der Waals surface area (Å²) in [5, 5.41) is 3.58. The summed E-state index contributed by atoms with van der Waals surface area (Å²) in [7, 11) is 0. The van der Waals surface area contributed by atoms with E-state index in [0.29, 0.717) is 6.04 Å². The molecule has 0 aromatic heterocycles. The third kappa shape index (κ3) is 4.94. The van der Waals surface area contributed by atoms with E-state index in [1.54, 1.807) is 0 Å². The van der Waals surface area contributed by atoms with Crippen LogP contribution in [-0.2, 0) is 9.47 Å². The fourth-order valence-electron chi connectivity index (χ4n) is 2.29. The summed E-state index contributed by atoms with van der Waals surface area (Å²) >= 11 is 0. The fraction of sp³-hybridized carbons (Fsp3) is 1.00. The van der Waals surface area contributed by atoms with E-state index >= 15 is 0 Å². The van der Waals surface area contributed by atoms with Gasteiger partial charge in [-0.2, -0.15) is 0 Å². The second-order valence-electron chi connectivity index (χ2n) is 5.51. The average molecular weight is 243 g/mol. The SMILES string of the molecule is CCCNC(COC(C)C)C1(C)CCCCO1. The lowest BCUT2D eigenvalue weighted by Gasteiger charge is -2.41. The summed E-state index contributed by atoms with van der Waals surface area (Å²) in [6, 6.07) is 0.310. The van der Waals surface area contributed by atoms with E-state index in [-0.39, 0.29) is 11.7 Å². The lowest BCUT2D eigenvalue weighted by atomic mass is 9.88. The summed E-state index contributed by atoms with van der Waals surface area (Å²) < 4.78 is 11.8. The van der Waals surface area contributed by atoms with Crippen molar-refractivity contribution in [1.82, 2.24) is 5.32 Å². The van der Waals surface area contributed by atoms with E-state index in [9.17, 15) is 0 Å².